The molecule has 0 aliphatic rings. The average molecular weight is 219 g/mol. The third-order valence-corrected chi connectivity index (χ3v) is 2.34. The van der Waals surface area contributed by atoms with Gasteiger partial charge in [-0.15, -0.1) is 0 Å². The predicted molar refractivity (Wildman–Crippen MR) is 63.0 cm³/mol. The van der Waals surface area contributed by atoms with Crippen molar-refractivity contribution in [3.05, 3.63) is 24.0 Å². The molecule has 4 nitrogen and oxygen atoms in total. The van der Waals surface area contributed by atoms with Crippen molar-refractivity contribution >= 4 is 5.69 Å². The molecule has 1 heterocycles. The van der Waals surface area contributed by atoms with E-state index < -0.39 is 5.60 Å². The highest BCUT2D eigenvalue weighted by atomic mass is 16.3. The quantitative estimate of drug-likeness (QED) is 0.793. The highest BCUT2D eigenvalue weighted by molar-refractivity contribution is 5.46. The normalized spacial score (nSPS) is 13.9. The van der Waals surface area contributed by atoms with Gasteiger partial charge >= 0.3 is 0 Å². The maximum Gasteiger partial charge on any atom is 0.142 e. The zero-order valence-corrected chi connectivity index (χ0v) is 9.70. The van der Waals surface area contributed by atoms with Gasteiger partial charge in [0.15, 0.2) is 0 Å². The van der Waals surface area contributed by atoms with Gasteiger partial charge in [0.25, 0.3) is 0 Å². The molecule has 0 radical (unpaired) electrons. The Hall–Kier alpha value is -1.60. The van der Waals surface area contributed by atoms with Crippen molar-refractivity contribution in [2.45, 2.75) is 32.3 Å². The van der Waals surface area contributed by atoms with Gasteiger partial charge < -0.3 is 10.4 Å². The minimum absolute atomic E-state index is 0.375. The summed E-state index contributed by atoms with van der Waals surface area (Å²) in [5.74, 6) is 0. The van der Waals surface area contributed by atoms with Gasteiger partial charge in [-0.1, -0.05) is 13.3 Å². The lowest BCUT2D eigenvalue weighted by Crippen LogP contribution is -2.33. The molecule has 1 unspecified atom stereocenters. The molecule has 0 aliphatic heterocycles. The van der Waals surface area contributed by atoms with Gasteiger partial charge in [0, 0.05) is 18.4 Å². The number of aromatic nitrogens is 1. The van der Waals surface area contributed by atoms with E-state index in [1.807, 2.05) is 13.0 Å². The van der Waals surface area contributed by atoms with Crippen molar-refractivity contribution in [1.29, 1.82) is 5.26 Å². The van der Waals surface area contributed by atoms with E-state index in [2.05, 4.69) is 10.3 Å². The molecule has 16 heavy (non-hydrogen) atoms. The largest absolute Gasteiger partial charge is 0.388 e. The van der Waals surface area contributed by atoms with E-state index in [9.17, 15) is 5.11 Å². The third-order valence-electron chi connectivity index (χ3n) is 2.34. The summed E-state index contributed by atoms with van der Waals surface area (Å²) in [7, 11) is 0. The second-order valence-corrected chi connectivity index (χ2v) is 4.14. The lowest BCUT2D eigenvalue weighted by molar-refractivity contribution is 0.0637. The number of nitrogens with one attached hydrogen (secondary N) is 1. The van der Waals surface area contributed by atoms with Gasteiger partial charge in [-0.2, -0.15) is 5.26 Å². The Morgan fingerprint density at radius 1 is 1.62 bits per heavy atom. The molecule has 0 amide bonds. The minimum atomic E-state index is -0.717. The number of hydrogen-bond donors (Lipinski definition) is 2. The van der Waals surface area contributed by atoms with E-state index in [1.54, 1.807) is 25.3 Å². The summed E-state index contributed by atoms with van der Waals surface area (Å²) >= 11 is 0. The molecular weight excluding hydrogens is 202 g/mol. The maximum absolute atomic E-state index is 9.96. The van der Waals surface area contributed by atoms with Crippen LogP contribution in [0.5, 0.6) is 0 Å². The summed E-state index contributed by atoms with van der Waals surface area (Å²) in [6.45, 7) is 4.31. The first-order valence-corrected chi connectivity index (χ1v) is 5.40. The second-order valence-electron chi connectivity index (χ2n) is 4.14. The molecule has 4 heteroatoms. The summed E-state index contributed by atoms with van der Waals surface area (Å²) in [4.78, 5) is 3.88. The van der Waals surface area contributed by atoms with E-state index in [1.165, 1.54) is 0 Å². The van der Waals surface area contributed by atoms with Gasteiger partial charge in [-0.25, -0.2) is 4.98 Å². The first-order valence-electron chi connectivity index (χ1n) is 5.40. The van der Waals surface area contributed by atoms with Crippen molar-refractivity contribution < 1.29 is 5.11 Å². The zero-order chi connectivity index (χ0) is 12.0. The van der Waals surface area contributed by atoms with E-state index in [0.717, 1.165) is 18.5 Å². The van der Waals surface area contributed by atoms with Crippen molar-refractivity contribution in [3.8, 4) is 6.07 Å². The molecule has 0 spiro atoms. The third kappa shape index (κ3) is 3.87. The number of anilines is 1. The Bertz CT molecular complexity index is 382. The molecule has 0 saturated carbocycles. The van der Waals surface area contributed by atoms with Crippen LogP contribution >= 0.6 is 0 Å². The van der Waals surface area contributed by atoms with Gasteiger partial charge in [0.1, 0.15) is 11.8 Å². The lowest BCUT2D eigenvalue weighted by Gasteiger charge is -2.23. The van der Waals surface area contributed by atoms with Crippen LogP contribution in [0.2, 0.25) is 0 Å². The van der Waals surface area contributed by atoms with Crippen molar-refractivity contribution in [1.82, 2.24) is 4.98 Å². The fourth-order valence-corrected chi connectivity index (χ4v) is 1.52. The van der Waals surface area contributed by atoms with Crippen LogP contribution in [0, 0.1) is 11.3 Å². The monoisotopic (exact) mass is 219 g/mol. The van der Waals surface area contributed by atoms with E-state index in [-0.39, 0.29) is 0 Å². The van der Waals surface area contributed by atoms with Crippen LogP contribution in [-0.4, -0.2) is 22.2 Å². The Kier molecular flexibility index (Phi) is 4.27. The van der Waals surface area contributed by atoms with Gasteiger partial charge in [0.2, 0.25) is 0 Å². The fraction of sp³-hybridized carbons (Fsp3) is 0.500. The maximum atomic E-state index is 9.96. The van der Waals surface area contributed by atoms with Crippen LogP contribution in [0.3, 0.4) is 0 Å². The van der Waals surface area contributed by atoms with Gasteiger partial charge in [0.05, 0.1) is 5.60 Å². The van der Waals surface area contributed by atoms with E-state index >= 15 is 0 Å². The average Bonchev–Trinajstić information content (AvgIpc) is 2.27. The minimum Gasteiger partial charge on any atom is -0.388 e. The number of hydrogen-bond acceptors (Lipinski definition) is 4. The highest BCUT2D eigenvalue weighted by Gasteiger charge is 2.18. The fourth-order valence-electron chi connectivity index (χ4n) is 1.52. The van der Waals surface area contributed by atoms with Crippen molar-refractivity contribution in [2.24, 2.45) is 0 Å². The zero-order valence-electron chi connectivity index (χ0n) is 9.70. The lowest BCUT2D eigenvalue weighted by atomic mass is 10.0. The SMILES string of the molecule is CCCC(C)(O)CNc1ccnc(C#N)c1. The molecule has 0 saturated heterocycles. The first-order chi connectivity index (χ1) is 7.57. The molecule has 1 aromatic rings. The number of nitrogens with zero attached hydrogens (tertiary/aromatic N) is 2. The molecule has 0 aliphatic carbocycles. The first kappa shape index (κ1) is 12.5. The van der Waals surface area contributed by atoms with Crippen molar-refractivity contribution in [3.63, 3.8) is 0 Å². The Labute approximate surface area is 95.9 Å². The van der Waals surface area contributed by atoms with Crippen LogP contribution in [0.4, 0.5) is 5.69 Å². The Balaban J connectivity index is 2.58. The van der Waals surface area contributed by atoms with Gasteiger partial charge in [-0.05, 0) is 25.5 Å². The van der Waals surface area contributed by atoms with Crippen LogP contribution < -0.4 is 5.32 Å². The van der Waals surface area contributed by atoms with Gasteiger partial charge in [-0.3, -0.25) is 0 Å². The summed E-state index contributed by atoms with van der Waals surface area (Å²) in [6, 6.07) is 5.43. The number of nitriles is 1. The van der Waals surface area contributed by atoms with Crippen LogP contribution in [0.1, 0.15) is 32.4 Å². The standard InChI is InChI=1S/C12H17N3O/c1-3-5-12(2,16)9-15-10-4-6-14-11(7-10)8-13/h4,6-7,16H,3,5,9H2,1-2H3,(H,14,15). The highest BCUT2D eigenvalue weighted by Crippen LogP contribution is 2.14. The summed E-state index contributed by atoms with van der Waals surface area (Å²) < 4.78 is 0. The van der Waals surface area contributed by atoms with E-state index in [4.69, 9.17) is 5.26 Å². The Morgan fingerprint density at radius 3 is 3.00 bits per heavy atom. The van der Waals surface area contributed by atoms with Crippen molar-refractivity contribution in [2.75, 3.05) is 11.9 Å². The predicted octanol–water partition coefficient (Wildman–Crippen LogP) is 1.92. The molecule has 0 bridgehead atoms. The van der Waals surface area contributed by atoms with Crippen LogP contribution in [0.15, 0.2) is 18.3 Å². The summed E-state index contributed by atoms with van der Waals surface area (Å²) in [5, 5.41) is 21.7. The summed E-state index contributed by atoms with van der Waals surface area (Å²) in [6.07, 6.45) is 3.26. The van der Waals surface area contributed by atoms with Crippen LogP contribution in [-0.2, 0) is 0 Å². The Morgan fingerprint density at radius 2 is 2.38 bits per heavy atom. The topological polar surface area (TPSA) is 68.9 Å². The second kappa shape index (κ2) is 5.47. The molecule has 0 aromatic carbocycles. The molecule has 1 rings (SSSR count). The molecular formula is C12H17N3O. The molecule has 2 N–H and O–H groups in total. The number of pyridine rings is 1. The number of rotatable bonds is 5. The smallest absolute Gasteiger partial charge is 0.142 e. The molecule has 1 aromatic heterocycles. The number of aliphatic hydroxyl groups is 1. The molecule has 1 atom stereocenters. The summed E-state index contributed by atoms with van der Waals surface area (Å²) in [5.41, 5.74) is 0.466. The molecule has 86 valence electrons. The van der Waals surface area contributed by atoms with Crippen LogP contribution in [0.25, 0.3) is 0 Å². The molecule has 0 fully saturated rings. The van der Waals surface area contributed by atoms with E-state index in [0.29, 0.717) is 12.2 Å².